The quantitative estimate of drug-likeness (QED) is 0.367. The molecule has 0 fully saturated rings. The van der Waals surface area contributed by atoms with Crippen molar-refractivity contribution in [3.63, 3.8) is 0 Å². The van der Waals surface area contributed by atoms with Crippen LogP contribution >= 0.6 is 0 Å². The van der Waals surface area contributed by atoms with E-state index in [4.69, 9.17) is 9.84 Å². The van der Waals surface area contributed by atoms with Crippen LogP contribution in [0.25, 0.3) is 16.5 Å². The predicted molar refractivity (Wildman–Crippen MR) is 129 cm³/mol. The van der Waals surface area contributed by atoms with E-state index in [-0.39, 0.29) is 18.9 Å². The Kier molecular flexibility index (Phi) is 9.02. The fraction of sp³-hybridized carbons (Fsp3) is 0.222. The Bertz CT molecular complexity index is 1150. The number of rotatable bonds is 8. The van der Waals surface area contributed by atoms with Crippen LogP contribution in [-0.2, 0) is 17.8 Å². The fourth-order valence-electron chi connectivity index (χ4n) is 3.32. The summed E-state index contributed by atoms with van der Waals surface area (Å²) in [7, 11) is 0. The van der Waals surface area contributed by atoms with Crippen LogP contribution in [0.2, 0.25) is 0 Å². The average Bonchev–Trinajstić information content (AvgIpc) is 3.25. The highest BCUT2D eigenvalue weighted by Gasteiger charge is 2.15. The van der Waals surface area contributed by atoms with Crippen LogP contribution in [0.1, 0.15) is 44.4 Å². The number of H-pyrrole nitrogens is 1. The first kappa shape index (κ1) is 24.7. The summed E-state index contributed by atoms with van der Waals surface area (Å²) in [5.41, 5.74) is 4.08. The number of aliphatic carboxylic acids is 1. The van der Waals surface area contributed by atoms with Gasteiger partial charge in [-0.2, -0.15) is 0 Å². The van der Waals surface area contributed by atoms with Crippen LogP contribution in [0, 0.1) is 0 Å². The Hall–Kier alpha value is -3.60. The van der Waals surface area contributed by atoms with Crippen LogP contribution in [0.15, 0.2) is 78.8 Å². The van der Waals surface area contributed by atoms with E-state index in [0.29, 0.717) is 22.5 Å². The number of aromatic nitrogens is 1. The Morgan fingerprint density at radius 3 is 2.56 bits per heavy atom. The molecule has 168 valence electrons. The van der Waals surface area contributed by atoms with Gasteiger partial charge >= 0.3 is 5.97 Å². The summed E-state index contributed by atoms with van der Waals surface area (Å²) in [6, 6.07) is 12.8. The first-order chi connectivity index (χ1) is 15.4. The lowest BCUT2D eigenvalue weighted by Crippen LogP contribution is -2.04. The third-order valence-corrected chi connectivity index (χ3v) is 4.69. The van der Waals surface area contributed by atoms with Crippen molar-refractivity contribution >= 4 is 22.4 Å². The van der Waals surface area contributed by atoms with Gasteiger partial charge in [0.05, 0.1) is 6.42 Å². The third-order valence-electron chi connectivity index (χ3n) is 4.69. The normalized spacial score (nSPS) is 10.8. The van der Waals surface area contributed by atoms with E-state index < -0.39 is 5.97 Å². The van der Waals surface area contributed by atoms with E-state index >= 15 is 0 Å². The Morgan fingerprint density at radius 1 is 1.19 bits per heavy atom. The van der Waals surface area contributed by atoms with E-state index in [2.05, 4.69) is 11.6 Å². The topological polar surface area (TPSA) is 62.3 Å². The number of aromatic amines is 1. The molecule has 0 atom stereocenters. The van der Waals surface area contributed by atoms with Crippen LogP contribution in [-0.4, -0.2) is 16.1 Å². The Balaban J connectivity index is 0.00000176. The molecule has 0 aliphatic carbocycles. The zero-order valence-electron chi connectivity index (χ0n) is 19.0. The van der Waals surface area contributed by atoms with Crippen molar-refractivity contribution in [1.82, 2.24) is 4.98 Å². The number of para-hydroxylation sites is 1. The molecule has 0 aliphatic rings. The largest absolute Gasteiger partial charge is 0.489 e. The summed E-state index contributed by atoms with van der Waals surface area (Å²) in [6.45, 7) is 11.4. The molecule has 0 spiro atoms. The maximum atomic E-state index is 14.9. The number of hydrogen-bond donors (Lipinski definition) is 2. The molecule has 0 saturated heterocycles. The molecule has 0 saturated carbocycles. The van der Waals surface area contributed by atoms with Gasteiger partial charge in [0.1, 0.15) is 18.2 Å². The lowest BCUT2D eigenvalue weighted by atomic mass is 9.96. The number of carbonyl (C=O) groups is 1. The molecule has 0 unspecified atom stereocenters. The summed E-state index contributed by atoms with van der Waals surface area (Å²) in [5.74, 6) is -0.690. The molecule has 2 N–H and O–H groups in total. The van der Waals surface area contributed by atoms with Gasteiger partial charge in [-0.1, -0.05) is 50.8 Å². The van der Waals surface area contributed by atoms with Crippen molar-refractivity contribution < 1.29 is 19.0 Å². The van der Waals surface area contributed by atoms with Crippen molar-refractivity contribution in [2.45, 2.75) is 40.7 Å². The molecule has 5 heteroatoms. The Morgan fingerprint density at radius 2 is 1.91 bits per heavy atom. The monoisotopic (exact) mass is 435 g/mol. The number of nitrogens with one attached hydrogen (secondary N) is 1. The minimum Gasteiger partial charge on any atom is -0.489 e. The highest BCUT2D eigenvalue weighted by atomic mass is 19.1. The lowest BCUT2D eigenvalue weighted by Gasteiger charge is -2.14. The van der Waals surface area contributed by atoms with Gasteiger partial charge in [0, 0.05) is 28.2 Å². The molecule has 0 bridgehead atoms. The second kappa shape index (κ2) is 11.7. The second-order valence-corrected chi connectivity index (χ2v) is 7.18. The zero-order valence-corrected chi connectivity index (χ0v) is 19.0. The van der Waals surface area contributed by atoms with Gasteiger partial charge in [0.2, 0.25) is 0 Å². The summed E-state index contributed by atoms with van der Waals surface area (Å²) < 4.78 is 20.8. The summed E-state index contributed by atoms with van der Waals surface area (Å²) in [4.78, 5) is 14.3. The van der Waals surface area contributed by atoms with Gasteiger partial charge < -0.3 is 14.8 Å². The number of halogens is 1. The SMILES string of the molecule is C=C/C=C(\C(F)=C(C)C)c1cc(COc2ccccc2CC(=O)O)cc2[nH]ccc12.CC. The fourth-order valence-corrected chi connectivity index (χ4v) is 3.32. The van der Waals surface area contributed by atoms with E-state index in [0.717, 1.165) is 22.0 Å². The molecule has 0 amide bonds. The maximum Gasteiger partial charge on any atom is 0.307 e. The number of allylic oxidation sites excluding steroid dienone is 5. The van der Waals surface area contributed by atoms with E-state index in [1.165, 1.54) is 0 Å². The van der Waals surface area contributed by atoms with E-state index in [9.17, 15) is 9.18 Å². The van der Waals surface area contributed by atoms with Crippen LogP contribution in [0.3, 0.4) is 0 Å². The van der Waals surface area contributed by atoms with Gasteiger partial charge in [-0.15, -0.1) is 0 Å². The van der Waals surface area contributed by atoms with E-state index in [1.54, 1.807) is 50.3 Å². The molecule has 2 aromatic carbocycles. The third kappa shape index (κ3) is 5.97. The smallest absolute Gasteiger partial charge is 0.307 e. The number of carboxylic acid groups (broad SMARTS) is 1. The minimum atomic E-state index is -0.919. The van der Waals surface area contributed by atoms with Crippen molar-refractivity contribution in [2.75, 3.05) is 0 Å². The van der Waals surface area contributed by atoms with Gasteiger partial charge in [0.25, 0.3) is 0 Å². The second-order valence-electron chi connectivity index (χ2n) is 7.18. The van der Waals surface area contributed by atoms with Gasteiger partial charge in [-0.25, -0.2) is 4.39 Å². The lowest BCUT2D eigenvalue weighted by molar-refractivity contribution is -0.136. The summed E-state index contributed by atoms with van der Waals surface area (Å²) >= 11 is 0. The molecule has 1 heterocycles. The standard InChI is InChI=1S/C25H24FNO3.C2H6/c1-4-7-20(25(26)16(2)3)21-12-17(13-22-19(21)10-11-27-22)15-30-23-9-6-5-8-18(23)14-24(28)29;1-2/h4-13,27H,1,14-15H2,2-3H3,(H,28,29);1-2H3/b20-7-;. The molecule has 0 radical (unpaired) electrons. The Labute approximate surface area is 188 Å². The van der Waals surface area contributed by atoms with Crippen molar-refractivity contribution in [3.8, 4) is 5.75 Å². The van der Waals surface area contributed by atoms with Gasteiger partial charge in [-0.05, 0) is 54.8 Å². The minimum absolute atomic E-state index is 0.116. The summed E-state index contributed by atoms with van der Waals surface area (Å²) in [6.07, 6.45) is 4.93. The van der Waals surface area contributed by atoms with Gasteiger partial charge in [-0.3, -0.25) is 4.79 Å². The molecule has 1 aromatic heterocycles. The first-order valence-electron chi connectivity index (χ1n) is 10.6. The van der Waals surface area contributed by atoms with Crippen molar-refractivity contribution in [2.24, 2.45) is 0 Å². The van der Waals surface area contributed by atoms with Crippen LogP contribution in [0.5, 0.6) is 5.75 Å². The molecule has 0 aliphatic heterocycles. The predicted octanol–water partition coefficient (Wildman–Crippen LogP) is 7.23. The molecule has 3 aromatic rings. The number of benzene rings is 2. The first-order valence-corrected chi connectivity index (χ1v) is 10.6. The number of fused-ring (bicyclic) bond motifs is 1. The average molecular weight is 436 g/mol. The van der Waals surface area contributed by atoms with Crippen LogP contribution in [0.4, 0.5) is 4.39 Å². The zero-order chi connectivity index (χ0) is 23.7. The number of carboxylic acids is 1. The molecular formula is C27H30FNO3. The highest BCUT2D eigenvalue weighted by Crippen LogP contribution is 2.33. The number of hydrogen-bond acceptors (Lipinski definition) is 2. The molecular weight excluding hydrogens is 405 g/mol. The summed E-state index contributed by atoms with van der Waals surface area (Å²) in [5, 5.41) is 10.00. The number of ether oxygens (including phenoxy) is 1. The van der Waals surface area contributed by atoms with Crippen molar-refractivity contribution in [1.29, 1.82) is 0 Å². The van der Waals surface area contributed by atoms with Crippen LogP contribution < -0.4 is 4.74 Å². The van der Waals surface area contributed by atoms with Gasteiger partial charge in [0.15, 0.2) is 0 Å². The molecule has 4 nitrogen and oxygen atoms in total. The highest BCUT2D eigenvalue weighted by molar-refractivity contribution is 5.96. The molecule has 32 heavy (non-hydrogen) atoms. The van der Waals surface area contributed by atoms with E-state index in [1.807, 2.05) is 38.2 Å². The maximum absolute atomic E-state index is 14.9. The molecule has 3 rings (SSSR count). The van der Waals surface area contributed by atoms with Crippen molar-refractivity contribution in [3.05, 3.63) is 95.5 Å².